The standard InChI is InChI=1S/C6H16N4O/c1-4-9(2)7-8-10(3)5-6-11/h11H,4-6H2,1-3H3/b8-7+. The van der Waals surface area contributed by atoms with Crippen LogP contribution in [0.15, 0.2) is 10.4 Å². The lowest BCUT2D eigenvalue weighted by molar-refractivity contribution is 0.199. The second-order valence-corrected chi connectivity index (χ2v) is 2.26. The Morgan fingerprint density at radius 1 is 1.18 bits per heavy atom. The van der Waals surface area contributed by atoms with Crippen LogP contribution in [-0.2, 0) is 0 Å². The molecule has 0 aliphatic rings. The molecule has 0 saturated carbocycles. The Morgan fingerprint density at radius 3 is 2.18 bits per heavy atom. The van der Waals surface area contributed by atoms with E-state index in [1.54, 1.807) is 17.1 Å². The highest BCUT2D eigenvalue weighted by molar-refractivity contribution is 4.37. The van der Waals surface area contributed by atoms with E-state index in [0.29, 0.717) is 6.54 Å². The van der Waals surface area contributed by atoms with Crippen LogP contribution < -0.4 is 0 Å². The maximum absolute atomic E-state index is 8.50. The first kappa shape index (κ1) is 10.2. The first-order chi connectivity index (χ1) is 5.20. The topological polar surface area (TPSA) is 51.4 Å². The molecule has 11 heavy (non-hydrogen) atoms. The average Bonchev–Trinajstić information content (AvgIpc) is 2.01. The van der Waals surface area contributed by atoms with Crippen molar-refractivity contribution in [1.29, 1.82) is 0 Å². The van der Waals surface area contributed by atoms with Crippen LogP contribution in [0.1, 0.15) is 6.92 Å². The molecule has 5 nitrogen and oxygen atoms in total. The van der Waals surface area contributed by atoms with E-state index >= 15 is 0 Å². The van der Waals surface area contributed by atoms with Gasteiger partial charge in [-0.2, -0.15) is 0 Å². The van der Waals surface area contributed by atoms with Crippen molar-refractivity contribution in [1.82, 2.24) is 10.0 Å². The Kier molecular flexibility index (Phi) is 5.46. The van der Waals surface area contributed by atoms with Gasteiger partial charge in [-0.15, -0.1) is 0 Å². The SMILES string of the molecule is CCN(C)/N=N/N(C)CCO. The van der Waals surface area contributed by atoms with E-state index in [1.165, 1.54) is 0 Å². The molecule has 0 aliphatic heterocycles. The predicted octanol–water partition coefficient (Wildman–Crippen LogP) is 0.144. The van der Waals surface area contributed by atoms with Crippen molar-refractivity contribution in [2.45, 2.75) is 6.92 Å². The zero-order chi connectivity index (χ0) is 8.69. The Labute approximate surface area is 67.3 Å². The highest BCUT2D eigenvalue weighted by atomic mass is 16.3. The Hall–Kier alpha value is -0.840. The molecule has 1 N–H and O–H groups in total. The summed E-state index contributed by atoms with van der Waals surface area (Å²) in [5, 5.41) is 19.5. The summed E-state index contributed by atoms with van der Waals surface area (Å²) >= 11 is 0. The predicted molar refractivity (Wildman–Crippen MR) is 42.9 cm³/mol. The van der Waals surface area contributed by atoms with Gasteiger partial charge in [-0.3, -0.25) is 10.0 Å². The maximum atomic E-state index is 8.50. The van der Waals surface area contributed by atoms with Gasteiger partial charge in [0.25, 0.3) is 0 Å². The molecule has 0 fully saturated rings. The van der Waals surface area contributed by atoms with Gasteiger partial charge in [0.1, 0.15) is 0 Å². The summed E-state index contributed by atoms with van der Waals surface area (Å²) in [4.78, 5) is 0. The number of aliphatic hydroxyl groups is 1. The van der Waals surface area contributed by atoms with Gasteiger partial charge in [0.2, 0.25) is 0 Å². The van der Waals surface area contributed by atoms with Gasteiger partial charge >= 0.3 is 0 Å². The summed E-state index contributed by atoms with van der Waals surface area (Å²) in [7, 11) is 3.61. The van der Waals surface area contributed by atoms with Crippen LogP contribution in [0.2, 0.25) is 0 Å². The molecule has 0 saturated heterocycles. The van der Waals surface area contributed by atoms with E-state index in [2.05, 4.69) is 10.4 Å². The summed E-state index contributed by atoms with van der Waals surface area (Å²) in [6.07, 6.45) is 0. The third-order valence-corrected chi connectivity index (χ3v) is 1.23. The number of aliphatic hydroxyl groups excluding tert-OH is 1. The third kappa shape index (κ3) is 5.60. The summed E-state index contributed by atoms with van der Waals surface area (Å²) in [5.74, 6) is 0. The van der Waals surface area contributed by atoms with E-state index < -0.39 is 0 Å². The van der Waals surface area contributed by atoms with E-state index in [9.17, 15) is 0 Å². The van der Waals surface area contributed by atoms with E-state index in [0.717, 1.165) is 6.54 Å². The fourth-order valence-corrected chi connectivity index (χ4v) is 0.389. The van der Waals surface area contributed by atoms with E-state index in [1.807, 2.05) is 14.0 Å². The summed E-state index contributed by atoms with van der Waals surface area (Å²) in [6, 6.07) is 0. The lowest BCUT2D eigenvalue weighted by Gasteiger charge is -2.11. The lowest BCUT2D eigenvalue weighted by atomic mass is 10.7. The molecule has 0 aromatic carbocycles. The number of hydrogen-bond donors (Lipinski definition) is 1. The highest BCUT2D eigenvalue weighted by Gasteiger charge is 1.90. The molecule has 0 unspecified atom stereocenters. The first-order valence-corrected chi connectivity index (χ1v) is 3.65. The number of hydrogen-bond acceptors (Lipinski definition) is 3. The minimum absolute atomic E-state index is 0.103. The van der Waals surface area contributed by atoms with Crippen LogP contribution in [0.3, 0.4) is 0 Å². The smallest absolute Gasteiger partial charge is 0.0623 e. The summed E-state index contributed by atoms with van der Waals surface area (Å²) in [5.41, 5.74) is 0. The molecule has 0 aromatic rings. The van der Waals surface area contributed by atoms with Crippen LogP contribution in [-0.4, -0.2) is 48.9 Å². The van der Waals surface area contributed by atoms with Crippen LogP contribution in [0.25, 0.3) is 0 Å². The zero-order valence-corrected chi connectivity index (χ0v) is 7.36. The van der Waals surface area contributed by atoms with Crippen molar-refractivity contribution in [2.24, 2.45) is 10.4 Å². The normalized spacial score (nSPS) is 10.5. The van der Waals surface area contributed by atoms with Crippen molar-refractivity contribution >= 4 is 0 Å². The second kappa shape index (κ2) is 5.91. The van der Waals surface area contributed by atoms with Crippen LogP contribution in [0.5, 0.6) is 0 Å². The van der Waals surface area contributed by atoms with Crippen LogP contribution >= 0.6 is 0 Å². The average molecular weight is 160 g/mol. The van der Waals surface area contributed by atoms with Crippen LogP contribution in [0.4, 0.5) is 0 Å². The molecule has 0 spiro atoms. The third-order valence-electron chi connectivity index (χ3n) is 1.23. The Morgan fingerprint density at radius 2 is 1.73 bits per heavy atom. The van der Waals surface area contributed by atoms with Gasteiger partial charge in [0, 0.05) is 20.6 Å². The molecule has 0 atom stereocenters. The van der Waals surface area contributed by atoms with Crippen molar-refractivity contribution in [3.63, 3.8) is 0 Å². The van der Waals surface area contributed by atoms with Crippen molar-refractivity contribution in [3.8, 4) is 0 Å². The van der Waals surface area contributed by atoms with Crippen molar-refractivity contribution < 1.29 is 5.11 Å². The minimum Gasteiger partial charge on any atom is -0.394 e. The quantitative estimate of drug-likeness (QED) is 0.460. The molecule has 5 heteroatoms. The molecule has 0 aliphatic carbocycles. The molecule has 66 valence electrons. The van der Waals surface area contributed by atoms with Gasteiger partial charge in [0.15, 0.2) is 0 Å². The first-order valence-electron chi connectivity index (χ1n) is 3.65. The molecular formula is C6H16N4O. The van der Waals surface area contributed by atoms with Gasteiger partial charge in [-0.25, -0.2) is 0 Å². The molecule has 0 heterocycles. The lowest BCUT2D eigenvalue weighted by Crippen LogP contribution is -2.17. The number of likely N-dealkylation sites (N-methyl/N-ethyl adjacent to an activating group) is 1. The fourth-order valence-electron chi connectivity index (χ4n) is 0.389. The summed E-state index contributed by atoms with van der Waals surface area (Å²) in [6.45, 7) is 3.44. The Bertz CT molecular complexity index is 117. The molecule has 0 bridgehead atoms. The summed E-state index contributed by atoms with van der Waals surface area (Å²) < 4.78 is 0. The fraction of sp³-hybridized carbons (Fsp3) is 1.00. The van der Waals surface area contributed by atoms with Gasteiger partial charge in [0.05, 0.1) is 13.2 Å². The van der Waals surface area contributed by atoms with Gasteiger partial charge in [-0.1, -0.05) is 10.4 Å². The van der Waals surface area contributed by atoms with E-state index in [4.69, 9.17) is 5.11 Å². The van der Waals surface area contributed by atoms with Crippen molar-refractivity contribution in [2.75, 3.05) is 33.8 Å². The Balaban J connectivity index is 3.54. The monoisotopic (exact) mass is 160 g/mol. The second-order valence-electron chi connectivity index (χ2n) is 2.26. The zero-order valence-electron chi connectivity index (χ0n) is 7.36. The van der Waals surface area contributed by atoms with Crippen LogP contribution in [0, 0.1) is 0 Å². The van der Waals surface area contributed by atoms with E-state index in [-0.39, 0.29) is 6.61 Å². The highest BCUT2D eigenvalue weighted by Crippen LogP contribution is 1.87. The molecule has 0 amide bonds. The number of nitrogens with zero attached hydrogens (tertiary/aromatic N) is 4. The molecule has 0 rings (SSSR count). The minimum atomic E-state index is 0.103. The maximum Gasteiger partial charge on any atom is 0.0623 e. The molecular weight excluding hydrogens is 144 g/mol. The van der Waals surface area contributed by atoms with Gasteiger partial charge < -0.3 is 5.11 Å². The molecule has 0 aromatic heterocycles. The largest absolute Gasteiger partial charge is 0.394 e. The number of rotatable bonds is 5. The molecule has 0 radical (unpaired) electrons. The van der Waals surface area contributed by atoms with Gasteiger partial charge in [-0.05, 0) is 6.92 Å². The van der Waals surface area contributed by atoms with Crippen molar-refractivity contribution in [3.05, 3.63) is 0 Å².